The van der Waals surface area contributed by atoms with Crippen LogP contribution < -0.4 is 5.73 Å². The van der Waals surface area contributed by atoms with E-state index in [0.717, 1.165) is 19.1 Å². The SMILES string of the molecule is CS(=O)(=O)c1ccc(O)c(CCCCN)c1. The van der Waals surface area contributed by atoms with Gasteiger partial charge in [-0.3, -0.25) is 0 Å². The van der Waals surface area contributed by atoms with Gasteiger partial charge in [-0.25, -0.2) is 8.42 Å². The van der Waals surface area contributed by atoms with Crippen molar-refractivity contribution in [1.29, 1.82) is 0 Å². The van der Waals surface area contributed by atoms with Crippen LogP contribution in [0.5, 0.6) is 5.75 Å². The fourth-order valence-corrected chi connectivity index (χ4v) is 2.12. The van der Waals surface area contributed by atoms with Crippen molar-refractivity contribution in [1.82, 2.24) is 0 Å². The molecular formula is C11H17NO3S. The number of nitrogens with two attached hydrogens (primary N) is 1. The highest BCUT2D eigenvalue weighted by atomic mass is 32.2. The molecule has 16 heavy (non-hydrogen) atoms. The fourth-order valence-electron chi connectivity index (χ4n) is 1.45. The van der Waals surface area contributed by atoms with Gasteiger partial charge < -0.3 is 10.8 Å². The number of unbranched alkanes of at least 4 members (excludes halogenated alkanes) is 1. The van der Waals surface area contributed by atoms with Crippen LogP contribution in [0.2, 0.25) is 0 Å². The van der Waals surface area contributed by atoms with Crippen LogP contribution in [0.3, 0.4) is 0 Å². The Hall–Kier alpha value is -1.07. The van der Waals surface area contributed by atoms with Gasteiger partial charge in [0.25, 0.3) is 0 Å². The number of aromatic hydroxyl groups is 1. The van der Waals surface area contributed by atoms with Crippen LogP contribution in [-0.4, -0.2) is 26.3 Å². The van der Waals surface area contributed by atoms with Crippen molar-refractivity contribution in [2.45, 2.75) is 24.2 Å². The molecule has 0 aliphatic carbocycles. The number of phenolic OH excluding ortho intramolecular Hbond substituents is 1. The second-order valence-electron chi connectivity index (χ2n) is 3.81. The standard InChI is InChI=1S/C11H17NO3S/c1-16(14,15)10-5-6-11(13)9(8-10)4-2-3-7-12/h5-6,8,13H,2-4,7,12H2,1H3. The third-order valence-electron chi connectivity index (χ3n) is 2.38. The molecule has 0 saturated heterocycles. The van der Waals surface area contributed by atoms with Crippen LogP contribution in [0.25, 0.3) is 0 Å². The minimum absolute atomic E-state index is 0.143. The molecule has 0 spiro atoms. The summed E-state index contributed by atoms with van der Waals surface area (Å²) >= 11 is 0. The summed E-state index contributed by atoms with van der Waals surface area (Å²) in [5, 5.41) is 9.57. The van der Waals surface area contributed by atoms with Crippen LogP contribution in [-0.2, 0) is 16.3 Å². The molecule has 0 saturated carbocycles. The highest BCUT2D eigenvalue weighted by molar-refractivity contribution is 7.90. The van der Waals surface area contributed by atoms with Gasteiger partial charge in [0.05, 0.1) is 4.90 Å². The number of hydrogen-bond donors (Lipinski definition) is 2. The third kappa shape index (κ3) is 3.50. The van der Waals surface area contributed by atoms with Crippen LogP contribution in [0.4, 0.5) is 0 Å². The lowest BCUT2D eigenvalue weighted by atomic mass is 10.1. The molecule has 90 valence electrons. The summed E-state index contributed by atoms with van der Waals surface area (Å²) in [5.74, 6) is 0.143. The van der Waals surface area contributed by atoms with E-state index in [4.69, 9.17) is 5.73 Å². The molecule has 5 heteroatoms. The molecular weight excluding hydrogens is 226 g/mol. The van der Waals surface area contributed by atoms with Gasteiger partial charge in [0.2, 0.25) is 0 Å². The summed E-state index contributed by atoms with van der Waals surface area (Å²) < 4.78 is 22.6. The monoisotopic (exact) mass is 243 g/mol. The van der Waals surface area contributed by atoms with E-state index in [-0.39, 0.29) is 10.6 Å². The molecule has 0 unspecified atom stereocenters. The van der Waals surface area contributed by atoms with Crippen LogP contribution in [0, 0.1) is 0 Å². The Morgan fingerprint density at radius 2 is 2.00 bits per heavy atom. The highest BCUT2D eigenvalue weighted by Crippen LogP contribution is 2.22. The number of sulfone groups is 1. The zero-order valence-corrected chi connectivity index (χ0v) is 10.1. The lowest BCUT2D eigenvalue weighted by molar-refractivity contribution is 0.466. The minimum Gasteiger partial charge on any atom is -0.508 e. The van der Waals surface area contributed by atoms with Crippen LogP contribution in [0.1, 0.15) is 18.4 Å². The quantitative estimate of drug-likeness (QED) is 0.758. The predicted octanol–water partition coefficient (Wildman–Crippen LogP) is 1.08. The smallest absolute Gasteiger partial charge is 0.175 e. The molecule has 1 aromatic rings. The van der Waals surface area contributed by atoms with Gasteiger partial charge in [-0.2, -0.15) is 0 Å². The van der Waals surface area contributed by atoms with Gasteiger partial charge in [-0.15, -0.1) is 0 Å². The summed E-state index contributed by atoms with van der Waals surface area (Å²) in [6.07, 6.45) is 3.51. The molecule has 0 atom stereocenters. The summed E-state index contributed by atoms with van der Waals surface area (Å²) in [6, 6.07) is 4.37. The molecule has 1 aromatic carbocycles. The third-order valence-corrected chi connectivity index (χ3v) is 3.49. The minimum atomic E-state index is -3.21. The molecule has 0 fully saturated rings. The van der Waals surface area contributed by atoms with E-state index in [1.54, 1.807) is 0 Å². The normalized spacial score (nSPS) is 11.6. The average Bonchev–Trinajstić information content (AvgIpc) is 2.19. The Bertz CT molecular complexity index is 454. The molecule has 1 rings (SSSR count). The molecule has 0 aliphatic rings. The summed E-state index contributed by atoms with van der Waals surface area (Å²) in [6.45, 7) is 0.604. The second-order valence-corrected chi connectivity index (χ2v) is 5.82. The van der Waals surface area contributed by atoms with E-state index >= 15 is 0 Å². The van der Waals surface area contributed by atoms with E-state index in [9.17, 15) is 13.5 Å². The number of benzene rings is 1. The average molecular weight is 243 g/mol. The lowest BCUT2D eigenvalue weighted by Crippen LogP contribution is -2.01. The number of aryl methyl sites for hydroxylation is 1. The molecule has 0 heterocycles. The Morgan fingerprint density at radius 1 is 1.31 bits per heavy atom. The first-order chi connectivity index (χ1) is 7.45. The zero-order chi connectivity index (χ0) is 12.2. The molecule has 0 aromatic heterocycles. The van der Waals surface area contributed by atoms with Crippen molar-refractivity contribution in [3.8, 4) is 5.75 Å². The van der Waals surface area contributed by atoms with Crippen molar-refractivity contribution in [3.05, 3.63) is 23.8 Å². The molecule has 3 N–H and O–H groups in total. The number of rotatable bonds is 5. The Labute approximate surface area is 96.0 Å². The first-order valence-corrected chi connectivity index (χ1v) is 7.06. The Morgan fingerprint density at radius 3 is 2.56 bits per heavy atom. The first-order valence-electron chi connectivity index (χ1n) is 5.17. The fraction of sp³-hybridized carbons (Fsp3) is 0.455. The van der Waals surface area contributed by atoms with E-state index < -0.39 is 9.84 Å². The highest BCUT2D eigenvalue weighted by Gasteiger charge is 2.10. The molecule has 4 nitrogen and oxygen atoms in total. The van der Waals surface area contributed by atoms with Gasteiger partial charge in [-0.1, -0.05) is 0 Å². The van der Waals surface area contributed by atoms with Crippen molar-refractivity contribution < 1.29 is 13.5 Å². The van der Waals surface area contributed by atoms with Crippen molar-refractivity contribution >= 4 is 9.84 Å². The Balaban J connectivity index is 2.91. The molecule has 0 aliphatic heterocycles. The van der Waals surface area contributed by atoms with Gasteiger partial charge in [0.1, 0.15) is 5.75 Å². The van der Waals surface area contributed by atoms with Gasteiger partial charge in [0.15, 0.2) is 9.84 Å². The summed E-state index contributed by atoms with van der Waals surface area (Å²) in [7, 11) is -3.21. The summed E-state index contributed by atoms with van der Waals surface area (Å²) in [4.78, 5) is 0.244. The van der Waals surface area contributed by atoms with Crippen molar-refractivity contribution in [3.63, 3.8) is 0 Å². The van der Waals surface area contributed by atoms with E-state index in [0.29, 0.717) is 18.5 Å². The largest absolute Gasteiger partial charge is 0.508 e. The van der Waals surface area contributed by atoms with Crippen molar-refractivity contribution in [2.75, 3.05) is 12.8 Å². The van der Waals surface area contributed by atoms with Gasteiger partial charge in [0, 0.05) is 6.26 Å². The Kier molecular flexibility index (Phi) is 4.32. The lowest BCUT2D eigenvalue weighted by Gasteiger charge is -2.06. The topological polar surface area (TPSA) is 80.4 Å². The summed E-state index contributed by atoms with van der Waals surface area (Å²) in [5.41, 5.74) is 6.03. The first kappa shape index (κ1) is 13.0. The predicted molar refractivity (Wildman–Crippen MR) is 63.2 cm³/mol. The maximum absolute atomic E-state index is 11.3. The van der Waals surface area contributed by atoms with Crippen LogP contribution in [0.15, 0.2) is 23.1 Å². The molecule has 0 radical (unpaired) electrons. The number of phenols is 1. The van der Waals surface area contributed by atoms with E-state index in [2.05, 4.69) is 0 Å². The molecule has 0 amide bonds. The maximum atomic E-state index is 11.3. The maximum Gasteiger partial charge on any atom is 0.175 e. The van der Waals surface area contributed by atoms with Crippen molar-refractivity contribution in [2.24, 2.45) is 5.73 Å². The second kappa shape index (κ2) is 5.32. The number of hydrogen-bond acceptors (Lipinski definition) is 4. The van der Waals surface area contributed by atoms with E-state index in [1.165, 1.54) is 18.2 Å². The van der Waals surface area contributed by atoms with E-state index in [1.807, 2.05) is 0 Å². The molecule has 0 bridgehead atoms. The zero-order valence-electron chi connectivity index (χ0n) is 9.31. The van der Waals surface area contributed by atoms with Crippen LogP contribution >= 0.6 is 0 Å². The van der Waals surface area contributed by atoms with Gasteiger partial charge in [-0.05, 0) is 49.6 Å². The van der Waals surface area contributed by atoms with Gasteiger partial charge >= 0.3 is 0 Å².